The van der Waals surface area contributed by atoms with E-state index in [1.54, 1.807) is 0 Å². The van der Waals surface area contributed by atoms with E-state index in [4.69, 9.17) is 0 Å². The number of fused-ring (bicyclic) bond motifs is 1. The lowest BCUT2D eigenvalue weighted by Crippen LogP contribution is -2.43. The Kier molecular flexibility index (Phi) is 6.11. The molecule has 1 aromatic carbocycles. The molecule has 7 heteroatoms. The van der Waals surface area contributed by atoms with Crippen molar-refractivity contribution in [3.05, 3.63) is 65.6 Å². The number of likely N-dealkylation sites (N-methyl/N-ethyl adjacent to an activating group) is 1. The van der Waals surface area contributed by atoms with Crippen LogP contribution in [0.25, 0.3) is 5.65 Å². The highest BCUT2D eigenvalue weighted by Crippen LogP contribution is 2.21. The summed E-state index contributed by atoms with van der Waals surface area (Å²) < 4.78 is 1.93. The van der Waals surface area contributed by atoms with Crippen molar-refractivity contribution in [2.45, 2.75) is 26.4 Å². The van der Waals surface area contributed by atoms with Gasteiger partial charge in [-0.2, -0.15) is 0 Å². The number of hydrogen-bond acceptors (Lipinski definition) is 5. The summed E-state index contributed by atoms with van der Waals surface area (Å²) in [5.74, 6) is 0.839. The summed E-state index contributed by atoms with van der Waals surface area (Å²) in [6.07, 6.45) is 1.93. The molecule has 1 N–H and O–H groups in total. The molecule has 1 saturated heterocycles. The first-order valence-electron chi connectivity index (χ1n) is 10.6. The molecule has 1 atom stereocenters. The highest BCUT2D eigenvalue weighted by Gasteiger charge is 2.24. The summed E-state index contributed by atoms with van der Waals surface area (Å²) in [6.45, 7) is 9.46. The molecule has 0 bridgehead atoms. The minimum absolute atomic E-state index is 0.0903. The Bertz CT molecular complexity index is 988. The van der Waals surface area contributed by atoms with Gasteiger partial charge in [-0.1, -0.05) is 32.0 Å². The first-order valence-corrected chi connectivity index (χ1v) is 10.6. The molecule has 3 aromatic rings. The molecule has 1 amide bonds. The van der Waals surface area contributed by atoms with E-state index in [1.165, 1.54) is 5.56 Å². The van der Waals surface area contributed by atoms with E-state index in [0.717, 1.165) is 44.2 Å². The maximum Gasteiger partial charge on any atom is 0.251 e. The molecule has 3 heterocycles. The average molecular weight is 407 g/mol. The molecule has 2 aromatic heterocycles. The van der Waals surface area contributed by atoms with Gasteiger partial charge in [0, 0.05) is 44.5 Å². The zero-order valence-electron chi connectivity index (χ0n) is 18.0. The number of nitrogens with one attached hydrogen (secondary N) is 1. The molecule has 1 unspecified atom stereocenters. The Morgan fingerprint density at radius 2 is 1.77 bits per heavy atom. The van der Waals surface area contributed by atoms with Crippen molar-refractivity contribution in [3.63, 3.8) is 0 Å². The molecule has 0 aliphatic carbocycles. The standard InChI is InChI=1S/C23H30N6O/c1-17(2)21(22-26-25-20-6-4-5-11-29(20)22)24-23(30)19-9-7-18(8-10-19)16-28-14-12-27(3)13-15-28/h4-11,17,21H,12-16H2,1-3H3,(H,24,30). The van der Waals surface area contributed by atoms with Crippen LogP contribution in [0.4, 0.5) is 0 Å². The van der Waals surface area contributed by atoms with Gasteiger partial charge >= 0.3 is 0 Å². The van der Waals surface area contributed by atoms with Crippen molar-refractivity contribution >= 4 is 11.6 Å². The molecule has 1 fully saturated rings. The number of benzene rings is 1. The Hall–Kier alpha value is -2.77. The topological polar surface area (TPSA) is 65.8 Å². The fraction of sp³-hybridized carbons (Fsp3) is 0.435. The second-order valence-corrected chi connectivity index (χ2v) is 8.46. The molecular formula is C23H30N6O. The number of piperazine rings is 1. The van der Waals surface area contributed by atoms with Crippen LogP contribution in [0.5, 0.6) is 0 Å². The molecule has 4 rings (SSSR count). The Labute approximate surface area is 177 Å². The predicted octanol–water partition coefficient (Wildman–Crippen LogP) is 2.60. The van der Waals surface area contributed by atoms with Crippen LogP contribution < -0.4 is 5.32 Å². The summed E-state index contributed by atoms with van der Waals surface area (Å²) in [5, 5.41) is 11.7. The molecule has 1 aliphatic rings. The number of amides is 1. The SMILES string of the molecule is CC(C)C(NC(=O)c1ccc(CN2CCN(C)CC2)cc1)c1nnc2ccccn12. The summed E-state index contributed by atoms with van der Waals surface area (Å²) in [4.78, 5) is 17.8. The van der Waals surface area contributed by atoms with Crippen LogP contribution in [0, 0.1) is 5.92 Å². The largest absolute Gasteiger partial charge is 0.342 e. The number of aromatic nitrogens is 3. The summed E-state index contributed by atoms with van der Waals surface area (Å²) in [5.41, 5.74) is 2.68. The van der Waals surface area contributed by atoms with Crippen LogP contribution in [0.15, 0.2) is 48.7 Å². The first-order chi connectivity index (χ1) is 14.5. The van der Waals surface area contributed by atoms with Crippen LogP contribution >= 0.6 is 0 Å². The number of hydrogen-bond donors (Lipinski definition) is 1. The van der Waals surface area contributed by atoms with Crippen LogP contribution in [0.2, 0.25) is 0 Å². The molecule has 158 valence electrons. The van der Waals surface area contributed by atoms with Gasteiger partial charge in [-0.3, -0.25) is 14.1 Å². The Balaban J connectivity index is 1.44. The number of carbonyl (C=O) groups is 1. The smallest absolute Gasteiger partial charge is 0.251 e. The Morgan fingerprint density at radius 1 is 1.03 bits per heavy atom. The number of carbonyl (C=O) groups excluding carboxylic acids is 1. The van der Waals surface area contributed by atoms with E-state index >= 15 is 0 Å². The van der Waals surface area contributed by atoms with E-state index < -0.39 is 0 Å². The monoisotopic (exact) mass is 406 g/mol. The van der Waals surface area contributed by atoms with E-state index in [9.17, 15) is 4.79 Å². The van der Waals surface area contributed by atoms with Gasteiger partial charge in [-0.15, -0.1) is 10.2 Å². The van der Waals surface area contributed by atoms with E-state index in [1.807, 2.05) is 40.9 Å². The Morgan fingerprint density at radius 3 is 2.47 bits per heavy atom. The molecule has 0 saturated carbocycles. The van der Waals surface area contributed by atoms with Crippen molar-refractivity contribution in [3.8, 4) is 0 Å². The molecule has 7 nitrogen and oxygen atoms in total. The van der Waals surface area contributed by atoms with E-state index in [-0.39, 0.29) is 17.9 Å². The van der Waals surface area contributed by atoms with Gasteiger partial charge in [0.25, 0.3) is 5.91 Å². The second-order valence-electron chi connectivity index (χ2n) is 8.46. The minimum atomic E-state index is -0.222. The van der Waals surface area contributed by atoms with Crippen LogP contribution in [-0.2, 0) is 6.54 Å². The molecular weight excluding hydrogens is 376 g/mol. The number of pyridine rings is 1. The number of nitrogens with zero attached hydrogens (tertiary/aromatic N) is 5. The zero-order valence-corrected chi connectivity index (χ0v) is 18.0. The highest BCUT2D eigenvalue weighted by atomic mass is 16.1. The van der Waals surface area contributed by atoms with Crippen molar-refractivity contribution < 1.29 is 4.79 Å². The summed E-state index contributed by atoms with van der Waals surface area (Å²) >= 11 is 0. The van der Waals surface area contributed by atoms with Crippen LogP contribution in [0.3, 0.4) is 0 Å². The third kappa shape index (κ3) is 4.52. The molecule has 0 spiro atoms. The lowest BCUT2D eigenvalue weighted by atomic mass is 10.0. The summed E-state index contributed by atoms with van der Waals surface area (Å²) in [7, 11) is 2.16. The molecule has 30 heavy (non-hydrogen) atoms. The summed E-state index contributed by atoms with van der Waals surface area (Å²) in [6, 6.07) is 13.5. The normalized spacial score (nSPS) is 16.8. The molecule has 0 radical (unpaired) electrons. The van der Waals surface area contributed by atoms with E-state index in [2.05, 4.69) is 58.3 Å². The van der Waals surface area contributed by atoms with Crippen molar-refractivity contribution in [2.75, 3.05) is 33.2 Å². The van der Waals surface area contributed by atoms with Gasteiger partial charge < -0.3 is 10.2 Å². The van der Waals surface area contributed by atoms with Gasteiger partial charge in [-0.25, -0.2) is 0 Å². The predicted molar refractivity (Wildman–Crippen MR) is 117 cm³/mol. The lowest BCUT2D eigenvalue weighted by Gasteiger charge is -2.32. The van der Waals surface area contributed by atoms with Gasteiger partial charge in [-0.05, 0) is 42.8 Å². The zero-order chi connectivity index (χ0) is 21.1. The fourth-order valence-electron chi connectivity index (χ4n) is 3.85. The second kappa shape index (κ2) is 8.93. The number of rotatable bonds is 6. The van der Waals surface area contributed by atoms with Gasteiger partial charge in [0.1, 0.15) is 0 Å². The fourth-order valence-corrected chi connectivity index (χ4v) is 3.85. The first kappa shape index (κ1) is 20.5. The molecule has 1 aliphatic heterocycles. The van der Waals surface area contributed by atoms with Crippen molar-refractivity contribution in [1.82, 2.24) is 29.7 Å². The third-order valence-electron chi connectivity index (χ3n) is 5.79. The van der Waals surface area contributed by atoms with Gasteiger partial charge in [0.05, 0.1) is 6.04 Å². The maximum absolute atomic E-state index is 12.9. The van der Waals surface area contributed by atoms with E-state index in [0.29, 0.717) is 5.56 Å². The van der Waals surface area contributed by atoms with Gasteiger partial charge in [0.15, 0.2) is 11.5 Å². The van der Waals surface area contributed by atoms with Crippen LogP contribution in [-0.4, -0.2) is 63.5 Å². The highest BCUT2D eigenvalue weighted by molar-refractivity contribution is 5.94. The third-order valence-corrected chi connectivity index (χ3v) is 5.79. The maximum atomic E-state index is 12.9. The average Bonchev–Trinajstić information content (AvgIpc) is 3.17. The van der Waals surface area contributed by atoms with Crippen molar-refractivity contribution in [1.29, 1.82) is 0 Å². The lowest BCUT2D eigenvalue weighted by molar-refractivity contribution is 0.0922. The van der Waals surface area contributed by atoms with Crippen molar-refractivity contribution in [2.24, 2.45) is 5.92 Å². The van der Waals surface area contributed by atoms with Crippen LogP contribution in [0.1, 0.15) is 41.6 Å². The van der Waals surface area contributed by atoms with Gasteiger partial charge in [0.2, 0.25) is 0 Å². The quantitative estimate of drug-likeness (QED) is 0.682. The minimum Gasteiger partial charge on any atom is -0.342 e.